The molecule has 0 unspecified atom stereocenters. The Morgan fingerprint density at radius 3 is 3.25 bits per heavy atom. The van der Waals surface area contributed by atoms with Gasteiger partial charge in [0.05, 0.1) is 0 Å². The van der Waals surface area contributed by atoms with E-state index in [1.54, 1.807) is 6.92 Å². The predicted molar refractivity (Wildman–Crippen MR) is 16.0 cm³/mol. The summed E-state index contributed by atoms with van der Waals surface area (Å²) >= 11 is 0. The van der Waals surface area contributed by atoms with Crippen LogP contribution in [0.1, 0.15) is 6.92 Å². The van der Waals surface area contributed by atoms with Gasteiger partial charge in [0.15, 0.2) is 0 Å². The Bertz CT molecular complexity index is 36.6. The number of nitrogens with zero attached hydrogens (tertiary/aromatic N) is 1. The van der Waals surface area contributed by atoms with E-state index in [1.165, 1.54) is 6.21 Å². The molecule has 0 atom stereocenters. The Balaban J connectivity index is 2.62. The van der Waals surface area contributed by atoms with Crippen molar-refractivity contribution in [2.75, 3.05) is 0 Å². The van der Waals surface area contributed by atoms with Crippen LogP contribution in [0.3, 0.4) is 0 Å². The van der Waals surface area contributed by atoms with Gasteiger partial charge in [-0.25, -0.2) is 0 Å². The molecule has 4 heavy (non-hydrogen) atoms. The predicted octanol–water partition coefficient (Wildman–Crippen LogP) is 0.466. The van der Waals surface area contributed by atoms with Gasteiger partial charge in [-0.1, -0.05) is 0 Å². The van der Waals surface area contributed by atoms with Gasteiger partial charge in [-0.05, 0) is 6.92 Å². The van der Waals surface area contributed by atoms with Crippen LogP contribution in [0.15, 0.2) is 5.16 Å². The van der Waals surface area contributed by atoms with Crippen molar-refractivity contribution < 1.29 is 6.64 Å². The molecule has 0 aromatic carbocycles. The van der Waals surface area contributed by atoms with Gasteiger partial charge in [-0.3, -0.25) is 0 Å². The first kappa shape index (κ1) is 1.76. The zero-order valence-electron chi connectivity index (χ0n) is 3.43. The standard InChI is InChI=1S/C2H5NO/c1-2-3-4/h2,4H,1H3/b3-2+/i/hD. The minimum absolute atomic E-state index is 1.40. The third kappa shape index (κ3) is 1.47. The fourth-order valence-corrected chi connectivity index (χ4v) is 0. The molecule has 0 spiro atoms. The van der Waals surface area contributed by atoms with Gasteiger partial charge in [-0.2, -0.15) is 0 Å². The summed E-state index contributed by atoms with van der Waals surface area (Å²) in [4.78, 5) is 0. The van der Waals surface area contributed by atoms with E-state index in [4.69, 9.17) is 1.43 Å². The Morgan fingerprint density at radius 1 is 2.50 bits per heavy atom. The number of rotatable bonds is 1. The maximum Gasteiger partial charge on any atom is 0.330 e. The first-order valence-corrected chi connectivity index (χ1v) is 1.02. The highest BCUT2D eigenvalue weighted by atomic mass is 16.4. The molecule has 0 rings (SSSR count). The third-order valence-electron chi connectivity index (χ3n) is 0.105. The van der Waals surface area contributed by atoms with Crippen LogP contribution in [0.25, 0.3) is 0 Å². The molecule has 24 valence electrons. The average molecular weight is 60.1 g/mol. The Hall–Kier alpha value is -0.530. The lowest BCUT2D eigenvalue weighted by atomic mass is 10.9. The Morgan fingerprint density at radius 2 is 3.25 bits per heavy atom. The van der Waals surface area contributed by atoms with Crippen LogP contribution in [-0.2, 0) is 0 Å². The van der Waals surface area contributed by atoms with E-state index in [0.29, 0.717) is 0 Å². The molecule has 0 saturated carbocycles. The van der Waals surface area contributed by atoms with E-state index >= 15 is 0 Å². The van der Waals surface area contributed by atoms with Gasteiger partial charge in [0.1, 0.15) is 0 Å². The number of hydrogen-bond donors (Lipinski definition) is 1. The Kier molecular flexibility index (Phi) is 1.09. The first-order valence-electron chi connectivity index (χ1n) is 1.43. The summed E-state index contributed by atoms with van der Waals surface area (Å²) < 4.78 is 5.90. The molecule has 0 aromatic rings. The lowest BCUT2D eigenvalue weighted by Gasteiger charge is -1.54. The topological polar surface area (TPSA) is 32.6 Å². The molecule has 0 aromatic heterocycles. The van der Waals surface area contributed by atoms with Crippen molar-refractivity contribution in [1.82, 2.24) is 0 Å². The summed E-state index contributed by atoms with van der Waals surface area (Å²) in [5, 5.41) is 6.52. The summed E-state index contributed by atoms with van der Waals surface area (Å²) in [6.45, 7) is 1.68. The van der Waals surface area contributed by atoms with Gasteiger partial charge in [-0.15, -0.1) is 5.16 Å². The van der Waals surface area contributed by atoms with E-state index in [9.17, 15) is 0 Å². The third-order valence-corrected chi connectivity index (χ3v) is 0.105. The van der Waals surface area contributed by atoms with Crippen LogP contribution in [0.4, 0.5) is 0 Å². The number of hydrogen-bond acceptors (Lipinski definition) is 2. The van der Waals surface area contributed by atoms with Crippen LogP contribution in [-0.4, -0.2) is 11.4 Å². The summed E-state index contributed by atoms with van der Waals surface area (Å²) in [7, 11) is 0. The molecule has 1 N–H and O–H groups in total. The minimum atomic E-state index is 1.40. The molecule has 0 aliphatic carbocycles. The molecule has 0 radical (unpaired) electrons. The SMILES string of the molecule is [2H]O/N=C/C. The van der Waals surface area contributed by atoms with E-state index in [1.807, 2.05) is 0 Å². The second-order valence-electron chi connectivity index (χ2n) is 0.364. The summed E-state index contributed by atoms with van der Waals surface area (Å²) in [6, 6.07) is 0. The van der Waals surface area contributed by atoms with E-state index < -0.39 is 0 Å². The maximum absolute atomic E-state index is 5.90. The lowest BCUT2D eigenvalue weighted by molar-refractivity contribution is 0.321. The molecule has 0 aliphatic heterocycles. The number of oxime groups is 1. The van der Waals surface area contributed by atoms with E-state index in [0.717, 1.165) is 0 Å². The van der Waals surface area contributed by atoms with Crippen molar-refractivity contribution in [1.29, 1.82) is 0 Å². The molecule has 0 fully saturated rings. The first-order chi connectivity index (χ1) is 2.41. The highest BCUT2D eigenvalue weighted by Gasteiger charge is 1.34. The van der Waals surface area contributed by atoms with Gasteiger partial charge in [0, 0.05) is 6.21 Å². The normalized spacial score (nSPS) is 11.8. The quantitative estimate of drug-likeness (QED) is 0.266. The van der Waals surface area contributed by atoms with Gasteiger partial charge >= 0.3 is 1.43 Å². The van der Waals surface area contributed by atoms with Crippen molar-refractivity contribution in [3.63, 3.8) is 0 Å². The maximum atomic E-state index is 5.90. The van der Waals surface area contributed by atoms with Crippen molar-refractivity contribution in [3.05, 3.63) is 0 Å². The fraction of sp³-hybridized carbons (Fsp3) is 0.500. The molecular weight excluding hydrogens is 54.0 g/mol. The van der Waals surface area contributed by atoms with E-state index in [-0.39, 0.29) is 0 Å². The van der Waals surface area contributed by atoms with Crippen LogP contribution >= 0.6 is 0 Å². The zero-order chi connectivity index (χ0) is 4.12. The second kappa shape index (κ2) is 2.47. The monoisotopic (exact) mass is 60.0 g/mol. The van der Waals surface area contributed by atoms with Crippen LogP contribution in [0.2, 0.25) is 1.43 Å². The lowest BCUT2D eigenvalue weighted by Crippen LogP contribution is -1.49. The molecule has 0 bridgehead atoms. The smallest absolute Gasteiger partial charge is 0.330 e. The molecule has 0 amide bonds. The molecule has 0 heterocycles. The highest BCUT2D eigenvalue weighted by molar-refractivity contribution is 5.51. The summed E-state index contributed by atoms with van der Waals surface area (Å²) in [5.74, 6) is 0. The zero-order valence-corrected chi connectivity index (χ0v) is 2.43. The van der Waals surface area contributed by atoms with Gasteiger partial charge in [0.25, 0.3) is 0 Å². The van der Waals surface area contributed by atoms with Crippen molar-refractivity contribution >= 4 is 6.21 Å². The summed E-state index contributed by atoms with van der Waals surface area (Å²) in [6.07, 6.45) is 1.40. The molecular formula is C2H5NO. The minimum Gasteiger partial charge on any atom is -0.411 e. The largest absolute Gasteiger partial charge is 0.411 e. The van der Waals surface area contributed by atoms with E-state index in [2.05, 4.69) is 10.4 Å². The average Bonchev–Trinajstić information content (AvgIpc) is 1.41. The highest BCUT2D eigenvalue weighted by Crippen LogP contribution is 1.38. The van der Waals surface area contributed by atoms with Gasteiger partial charge < -0.3 is 5.21 Å². The summed E-state index contributed by atoms with van der Waals surface area (Å²) in [5.41, 5.74) is 0. The molecule has 0 saturated heterocycles. The molecule has 2 nitrogen and oxygen atoms in total. The van der Waals surface area contributed by atoms with Gasteiger partial charge in [0.2, 0.25) is 0 Å². The second-order valence-corrected chi connectivity index (χ2v) is 0.364. The van der Waals surface area contributed by atoms with Crippen molar-refractivity contribution in [3.8, 4) is 0 Å². The fourth-order valence-electron chi connectivity index (χ4n) is 0. The molecule has 0 aliphatic rings. The van der Waals surface area contributed by atoms with Crippen molar-refractivity contribution in [2.24, 2.45) is 5.16 Å². The van der Waals surface area contributed by atoms with Crippen LogP contribution in [0, 0.1) is 0 Å². The molecule has 2 heteroatoms. The van der Waals surface area contributed by atoms with Crippen LogP contribution < -0.4 is 0 Å². The van der Waals surface area contributed by atoms with Crippen LogP contribution in [0.5, 0.6) is 0 Å². The Labute approximate surface area is 26.2 Å². The van der Waals surface area contributed by atoms with Crippen molar-refractivity contribution in [2.45, 2.75) is 6.92 Å².